The van der Waals surface area contributed by atoms with Crippen LogP contribution in [0, 0.1) is 23.7 Å². The van der Waals surface area contributed by atoms with E-state index in [2.05, 4.69) is 13.8 Å². The van der Waals surface area contributed by atoms with Crippen molar-refractivity contribution in [3.05, 3.63) is 0 Å². The zero-order valence-corrected chi connectivity index (χ0v) is 16.5. The minimum absolute atomic E-state index is 0.0636. The Morgan fingerprint density at radius 3 is 1.12 bits per heavy atom. The van der Waals surface area contributed by atoms with Crippen LogP contribution in [0.4, 0.5) is 0 Å². The quantitative estimate of drug-likeness (QED) is 0.620. The highest BCUT2D eigenvalue weighted by Crippen LogP contribution is 2.36. The molecule has 4 heteroatoms. The molecule has 2 fully saturated rings. The van der Waals surface area contributed by atoms with E-state index >= 15 is 0 Å². The monoisotopic (exact) mass is 344 g/mol. The van der Waals surface area contributed by atoms with Gasteiger partial charge in [-0.2, -0.15) is 0 Å². The van der Waals surface area contributed by atoms with Crippen LogP contribution in [-0.4, -0.2) is 43.8 Å². The molecule has 2 rings (SSSR count). The maximum Gasteiger partial charge on any atom is 0.0644 e. The molecule has 0 unspecified atom stereocenters. The van der Waals surface area contributed by atoms with Gasteiger partial charge in [0, 0.05) is 11.8 Å². The molecule has 0 amide bonds. The third-order valence-corrected chi connectivity index (χ3v) is 5.97. The van der Waals surface area contributed by atoms with Crippen molar-refractivity contribution in [3.8, 4) is 0 Å². The highest BCUT2D eigenvalue weighted by Gasteiger charge is 2.37. The van der Waals surface area contributed by atoms with Crippen molar-refractivity contribution in [1.82, 2.24) is 0 Å². The third kappa shape index (κ3) is 6.62. The standard InChI is InChI=1S/2C10H20O2/c2*1-7-4-5-8(9(11)6-7)10(2,3)12/h2*7-9,11-12H,4-6H2,1-3H3/t7-,8-,9+;7-,8-,9-/m11/s1. The van der Waals surface area contributed by atoms with Crippen LogP contribution in [0.15, 0.2) is 0 Å². The molecule has 0 aromatic carbocycles. The van der Waals surface area contributed by atoms with Crippen LogP contribution in [0.1, 0.15) is 80.1 Å². The second-order valence-corrected chi connectivity index (χ2v) is 9.49. The molecule has 2 aliphatic rings. The van der Waals surface area contributed by atoms with Gasteiger partial charge in [-0.3, -0.25) is 0 Å². The Hall–Kier alpha value is -0.160. The molecule has 144 valence electrons. The van der Waals surface area contributed by atoms with Crippen molar-refractivity contribution in [2.75, 3.05) is 0 Å². The van der Waals surface area contributed by atoms with E-state index in [9.17, 15) is 20.4 Å². The van der Waals surface area contributed by atoms with Crippen LogP contribution in [-0.2, 0) is 0 Å². The summed E-state index contributed by atoms with van der Waals surface area (Å²) >= 11 is 0. The van der Waals surface area contributed by atoms with Gasteiger partial charge < -0.3 is 20.4 Å². The van der Waals surface area contributed by atoms with Gasteiger partial charge in [0.05, 0.1) is 23.4 Å². The van der Waals surface area contributed by atoms with Crippen LogP contribution in [0.2, 0.25) is 0 Å². The molecule has 0 aromatic rings. The van der Waals surface area contributed by atoms with Gasteiger partial charge in [-0.25, -0.2) is 0 Å². The summed E-state index contributed by atoms with van der Waals surface area (Å²) < 4.78 is 0. The third-order valence-electron chi connectivity index (χ3n) is 5.97. The molecule has 2 aliphatic carbocycles. The molecule has 0 aromatic heterocycles. The first-order valence-electron chi connectivity index (χ1n) is 9.63. The van der Waals surface area contributed by atoms with E-state index < -0.39 is 11.2 Å². The van der Waals surface area contributed by atoms with Crippen LogP contribution in [0.5, 0.6) is 0 Å². The fourth-order valence-corrected chi connectivity index (χ4v) is 4.35. The summed E-state index contributed by atoms with van der Waals surface area (Å²) in [7, 11) is 0. The Morgan fingerprint density at radius 2 is 0.917 bits per heavy atom. The first-order chi connectivity index (χ1) is 10.8. The van der Waals surface area contributed by atoms with E-state index in [4.69, 9.17) is 0 Å². The molecule has 0 bridgehead atoms. The van der Waals surface area contributed by atoms with Crippen molar-refractivity contribution in [1.29, 1.82) is 0 Å². The largest absolute Gasteiger partial charge is 0.393 e. The highest BCUT2D eigenvalue weighted by atomic mass is 16.3. The van der Waals surface area contributed by atoms with Crippen LogP contribution < -0.4 is 0 Å². The fraction of sp³-hybridized carbons (Fsp3) is 1.00. The Bertz CT molecular complexity index is 333. The molecule has 24 heavy (non-hydrogen) atoms. The van der Waals surface area contributed by atoms with Gasteiger partial charge >= 0.3 is 0 Å². The van der Waals surface area contributed by atoms with E-state index in [0.717, 1.165) is 38.5 Å². The molecule has 6 atom stereocenters. The summed E-state index contributed by atoms with van der Waals surface area (Å²) in [5.41, 5.74) is -1.45. The predicted octanol–water partition coefficient (Wildman–Crippen LogP) is 3.11. The predicted molar refractivity (Wildman–Crippen MR) is 97.6 cm³/mol. The lowest BCUT2D eigenvalue weighted by molar-refractivity contribution is -0.0737. The minimum Gasteiger partial charge on any atom is -0.393 e. The molecule has 2 saturated carbocycles. The Labute approximate surface area is 148 Å². The highest BCUT2D eigenvalue weighted by molar-refractivity contribution is 4.88. The smallest absolute Gasteiger partial charge is 0.0644 e. The van der Waals surface area contributed by atoms with E-state index in [0.29, 0.717) is 11.8 Å². The average Bonchev–Trinajstić information content (AvgIpc) is 2.35. The average molecular weight is 345 g/mol. The topological polar surface area (TPSA) is 80.9 Å². The summed E-state index contributed by atoms with van der Waals surface area (Å²) in [6.45, 7) is 11.5. The van der Waals surface area contributed by atoms with E-state index in [1.807, 2.05) is 0 Å². The lowest BCUT2D eigenvalue weighted by atomic mass is 9.73. The van der Waals surface area contributed by atoms with Crippen molar-refractivity contribution in [3.63, 3.8) is 0 Å². The molecule has 0 spiro atoms. The van der Waals surface area contributed by atoms with Crippen molar-refractivity contribution < 1.29 is 20.4 Å². The van der Waals surface area contributed by atoms with Crippen LogP contribution in [0.3, 0.4) is 0 Å². The zero-order chi connectivity index (χ0) is 18.7. The summed E-state index contributed by atoms with van der Waals surface area (Å²) in [5.74, 6) is 1.35. The summed E-state index contributed by atoms with van der Waals surface area (Å²) in [6, 6.07) is 0. The van der Waals surface area contributed by atoms with Gasteiger partial charge in [-0.1, -0.05) is 26.7 Å². The Kier molecular flexibility index (Phi) is 7.73. The molecule has 4 nitrogen and oxygen atoms in total. The van der Waals surface area contributed by atoms with Crippen LogP contribution in [0.25, 0.3) is 0 Å². The van der Waals surface area contributed by atoms with Gasteiger partial charge in [-0.15, -0.1) is 0 Å². The Morgan fingerprint density at radius 1 is 0.625 bits per heavy atom. The zero-order valence-electron chi connectivity index (χ0n) is 16.5. The van der Waals surface area contributed by atoms with E-state index in [-0.39, 0.29) is 24.0 Å². The molecule has 0 aliphatic heterocycles. The van der Waals surface area contributed by atoms with Gasteiger partial charge in [0.2, 0.25) is 0 Å². The summed E-state index contributed by atoms with van der Waals surface area (Å²) in [6.07, 6.45) is 5.22. The summed E-state index contributed by atoms with van der Waals surface area (Å²) in [4.78, 5) is 0. The van der Waals surface area contributed by atoms with Crippen molar-refractivity contribution >= 4 is 0 Å². The summed E-state index contributed by atoms with van der Waals surface area (Å²) in [5, 5.41) is 38.9. The van der Waals surface area contributed by atoms with Gasteiger partial charge in [0.1, 0.15) is 0 Å². The molecule has 4 N–H and O–H groups in total. The molecule has 0 heterocycles. The van der Waals surface area contributed by atoms with Crippen molar-refractivity contribution in [2.24, 2.45) is 23.7 Å². The van der Waals surface area contributed by atoms with Gasteiger partial charge in [0.15, 0.2) is 0 Å². The number of aliphatic hydroxyl groups excluding tert-OH is 2. The van der Waals surface area contributed by atoms with Gasteiger partial charge in [0.25, 0.3) is 0 Å². The number of hydrogen-bond acceptors (Lipinski definition) is 4. The van der Waals surface area contributed by atoms with Crippen molar-refractivity contribution in [2.45, 2.75) is 103 Å². The first-order valence-corrected chi connectivity index (χ1v) is 9.63. The fourth-order valence-electron chi connectivity index (χ4n) is 4.35. The maximum absolute atomic E-state index is 9.74. The molecule has 0 radical (unpaired) electrons. The minimum atomic E-state index is -0.723. The first kappa shape index (κ1) is 21.9. The van der Waals surface area contributed by atoms with Crippen LogP contribution >= 0.6 is 0 Å². The number of rotatable bonds is 2. The number of aliphatic hydroxyl groups is 4. The molecular formula is C20H40O4. The Balaban J connectivity index is 0.000000240. The maximum atomic E-state index is 9.74. The molecular weight excluding hydrogens is 304 g/mol. The van der Waals surface area contributed by atoms with E-state index in [1.165, 1.54) is 0 Å². The van der Waals surface area contributed by atoms with Gasteiger partial charge in [-0.05, 0) is 65.2 Å². The SMILES string of the molecule is C[C@@H]1CC[C@@H](C(C)(C)O)[C@@H](O)C1.C[C@@H]1CC[C@@H](C(C)(C)O)[C@H](O)C1. The normalized spacial score (nSPS) is 38.2. The molecule has 0 saturated heterocycles. The number of hydrogen-bond donors (Lipinski definition) is 4. The van der Waals surface area contributed by atoms with E-state index in [1.54, 1.807) is 27.7 Å². The second kappa shape index (κ2) is 8.48. The second-order valence-electron chi connectivity index (χ2n) is 9.49. The lowest BCUT2D eigenvalue weighted by Gasteiger charge is -2.38. The lowest BCUT2D eigenvalue weighted by Crippen LogP contribution is -2.42.